The number of ether oxygens (including phenoxy) is 3. The molecule has 0 aliphatic heterocycles. The third-order valence-electron chi connectivity index (χ3n) is 2.15. The second-order valence-electron chi connectivity index (χ2n) is 3.17. The highest BCUT2D eigenvalue weighted by Gasteiger charge is 2.12. The quantitative estimate of drug-likeness (QED) is 0.742. The molecule has 0 aromatic heterocycles. The van der Waals surface area contributed by atoms with E-state index in [0.717, 1.165) is 0 Å². The molecule has 4 nitrogen and oxygen atoms in total. The van der Waals surface area contributed by atoms with Gasteiger partial charge in [-0.2, -0.15) is 0 Å². The predicted molar refractivity (Wildman–Crippen MR) is 60.3 cm³/mol. The van der Waals surface area contributed by atoms with Crippen molar-refractivity contribution in [3.8, 4) is 17.2 Å². The van der Waals surface area contributed by atoms with Gasteiger partial charge in [0.05, 0.1) is 14.2 Å². The summed E-state index contributed by atoms with van der Waals surface area (Å²) in [5.41, 5.74) is 0. The van der Waals surface area contributed by atoms with Crippen LogP contribution in [-0.2, 0) is 4.79 Å². The van der Waals surface area contributed by atoms with Gasteiger partial charge >= 0.3 is 0 Å². The Labute approximate surface area is 95.1 Å². The fourth-order valence-electron chi connectivity index (χ4n) is 1.21. The number of Topliss-reactive ketones (excluding diaryl/α,β-unsaturated/α-hetero) is 1. The molecule has 0 fully saturated rings. The van der Waals surface area contributed by atoms with Crippen LogP contribution in [0.15, 0.2) is 18.2 Å². The number of para-hydroxylation sites is 1. The maximum absolute atomic E-state index is 11.2. The van der Waals surface area contributed by atoms with Gasteiger partial charge in [-0.1, -0.05) is 13.0 Å². The van der Waals surface area contributed by atoms with Crippen LogP contribution in [0.2, 0.25) is 0 Å². The van der Waals surface area contributed by atoms with Crippen molar-refractivity contribution in [2.45, 2.75) is 13.3 Å². The van der Waals surface area contributed by atoms with Crippen LogP contribution >= 0.6 is 0 Å². The molecule has 0 saturated carbocycles. The van der Waals surface area contributed by atoms with Crippen molar-refractivity contribution in [2.24, 2.45) is 0 Å². The molecule has 0 amide bonds. The number of benzene rings is 1. The zero-order valence-electron chi connectivity index (χ0n) is 9.78. The van der Waals surface area contributed by atoms with Crippen LogP contribution in [0.25, 0.3) is 0 Å². The van der Waals surface area contributed by atoms with Gasteiger partial charge in [0.25, 0.3) is 0 Å². The van der Waals surface area contributed by atoms with Gasteiger partial charge < -0.3 is 14.2 Å². The van der Waals surface area contributed by atoms with E-state index in [4.69, 9.17) is 14.2 Å². The van der Waals surface area contributed by atoms with Crippen LogP contribution < -0.4 is 14.2 Å². The van der Waals surface area contributed by atoms with Gasteiger partial charge in [0.2, 0.25) is 5.75 Å². The van der Waals surface area contributed by atoms with E-state index in [-0.39, 0.29) is 12.4 Å². The number of hydrogen-bond donors (Lipinski definition) is 0. The predicted octanol–water partition coefficient (Wildman–Crippen LogP) is 2.06. The van der Waals surface area contributed by atoms with E-state index in [9.17, 15) is 4.79 Å². The first-order valence-electron chi connectivity index (χ1n) is 5.08. The van der Waals surface area contributed by atoms with Crippen LogP contribution in [0.1, 0.15) is 13.3 Å². The van der Waals surface area contributed by atoms with E-state index >= 15 is 0 Å². The highest BCUT2D eigenvalue weighted by atomic mass is 16.5. The molecule has 1 aromatic rings. The lowest BCUT2D eigenvalue weighted by molar-refractivity contribution is -0.120. The molecule has 0 aliphatic rings. The molecule has 4 heteroatoms. The first-order chi connectivity index (χ1) is 7.72. The minimum Gasteiger partial charge on any atom is -0.493 e. The van der Waals surface area contributed by atoms with E-state index in [1.807, 2.05) is 0 Å². The number of hydrogen-bond acceptors (Lipinski definition) is 4. The Hall–Kier alpha value is -1.71. The maximum atomic E-state index is 11.2. The standard InChI is InChI=1S/C12H16O4/c1-4-9(13)8-16-12-10(14-2)6-5-7-11(12)15-3/h5-7H,4,8H2,1-3H3. The van der Waals surface area contributed by atoms with Crippen molar-refractivity contribution in [2.75, 3.05) is 20.8 Å². The fourth-order valence-corrected chi connectivity index (χ4v) is 1.21. The summed E-state index contributed by atoms with van der Waals surface area (Å²) in [7, 11) is 3.09. The summed E-state index contributed by atoms with van der Waals surface area (Å²) >= 11 is 0. The second kappa shape index (κ2) is 6.00. The maximum Gasteiger partial charge on any atom is 0.203 e. The van der Waals surface area contributed by atoms with Crippen molar-refractivity contribution in [1.29, 1.82) is 0 Å². The number of methoxy groups -OCH3 is 2. The third-order valence-corrected chi connectivity index (χ3v) is 2.15. The van der Waals surface area contributed by atoms with Gasteiger partial charge in [0.15, 0.2) is 17.3 Å². The third kappa shape index (κ3) is 2.89. The van der Waals surface area contributed by atoms with E-state index in [1.165, 1.54) is 0 Å². The molecular weight excluding hydrogens is 208 g/mol. The van der Waals surface area contributed by atoms with E-state index < -0.39 is 0 Å². The molecule has 0 heterocycles. The van der Waals surface area contributed by atoms with Gasteiger partial charge in [-0.3, -0.25) is 4.79 Å². The van der Waals surface area contributed by atoms with Gasteiger partial charge in [-0.05, 0) is 12.1 Å². The normalized spacial score (nSPS) is 9.69. The first-order valence-corrected chi connectivity index (χ1v) is 5.08. The molecule has 16 heavy (non-hydrogen) atoms. The summed E-state index contributed by atoms with van der Waals surface area (Å²) in [6.45, 7) is 1.83. The Balaban J connectivity index is 2.86. The Kier molecular flexibility index (Phi) is 4.64. The Bertz CT molecular complexity index is 338. The summed E-state index contributed by atoms with van der Waals surface area (Å²) in [5.74, 6) is 1.62. The Morgan fingerprint density at radius 2 is 1.75 bits per heavy atom. The summed E-state index contributed by atoms with van der Waals surface area (Å²) in [4.78, 5) is 11.2. The number of ketones is 1. The number of rotatable bonds is 6. The molecule has 1 rings (SSSR count). The van der Waals surface area contributed by atoms with Crippen LogP contribution in [0.4, 0.5) is 0 Å². The van der Waals surface area contributed by atoms with Gasteiger partial charge in [0.1, 0.15) is 6.61 Å². The Morgan fingerprint density at radius 3 is 2.19 bits per heavy atom. The number of carbonyl (C=O) groups is 1. The molecule has 0 saturated heterocycles. The average molecular weight is 224 g/mol. The lowest BCUT2D eigenvalue weighted by atomic mass is 10.3. The van der Waals surface area contributed by atoms with E-state index in [0.29, 0.717) is 23.7 Å². The SMILES string of the molecule is CCC(=O)COc1c(OC)cccc1OC. The van der Waals surface area contributed by atoms with Crippen molar-refractivity contribution >= 4 is 5.78 Å². The van der Waals surface area contributed by atoms with Crippen molar-refractivity contribution in [1.82, 2.24) is 0 Å². The minimum atomic E-state index is 0.0350. The van der Waals surface area contributed by atoms with Crippen LogP contribution in [0.3, 0.4) is 0 Å². The topological polar surface area (TPSA) is 44.8 Å². The summed E-state index contributed by atoms with van der Waals surface area (Å²) in [6.07, 6.45) is 0.456. The smallest absolute Gasteiger partial charge is 0.203 e. The van der Waals surface area contributed by atoms with Crippen LogP contribution in [-0.4, -0.2) is 26.6 Å². The molecule has 0 unspecified atom stereocenters. The lowest BCUT2D eigenvalue weighted by Crippen LogP contribution is -2.10. The first kappa shape index (κ1) is 12.4. The molecule has 88 valence electrons. The average Bonchev–Trinajstić information content (AvgIpc) is 2.35. The van der Waals surface area contributed by atoms with Crippen LogP contribution in [0, 0.1) is 0 Å². The highest BCUT2D eigenvalue weighted by Crippen LogP contribution is 2.36. The van der Waals surface area contributed by atoms with E-state index in [1.54, 1.807) is 39.3 Å². The molecule has 0 bridgehead atoms. The lowest BCUT2D eigenvalue weighted by Gasteiger charge is -2.13. The van der Waals surface area contributed by atoms with Crippen molar-refractivity contribution < 1.29 is 19.0 Å². The Morgan fingerprint density at radius 1 is 1.19 bits per heavy atom. The fraction of sp³-hybridized carbons (Fsp3) is 0.417. The van der Waals surface area contributed by atoms with E-state index in [2.05, 4.69) is 0 Å². The van der Waals surface area contributed by atoms with Crippen molar-refractivity contribution in [3.63, 3.8) is 0 Å². The molecule has 0 spiro atoms. The molecule has 1 aromatic carbocycles. The summed E-state index contributed by atoms with van der Waals surface area (Å²) in [6, 6.07) is 5.31. The zero-order chi connectivity index (χ0) is 12.0. The molecular formula is C12H16O4. The minimum absolute atomic E-state index is 0.0350. The largest absolute Gasteiger partial charge is 0.493 e. The highest BCUT2D eigenvalue weighted by molar-refractivity contribution is 5.79. The molecule has 0 radical (unpaired) electrons. The summed E-state index contributed by atoms with van der Waals surface area (Å²) in [5, 5.41) is 0. The molecule has 0 atom stereocenters. The second-order valence-corrected chi connectivity index (χ2v) is 3.17. The molecule has 0 N–H and O–H groups in total. The summed E-state index contributed by atoms with van der Waals surface area (Å²) < 4.78 is 15.7. The van der Waals surface area contributed by atoms with Gasteiger partial charge in [-0.25, -0.2) is 0 Å². The van der Waals surface area contributed by atoms with Crippen molar-refractivity contribution in [3.05, 3.63) is 18.2 Å². The monoisotopic (exact) mass is 224 g/mol. The zero-order valence-corrected chi connectivity index (χ0v) is 9.78. The number of carbonyl (C=O) groups excluding carboxylic acids is 1. The van der Waals surface area contributed by atoms with Crippen LogP contribution in [0.5, 0.6) is 17.2 Å². The molecule has 0 aliphatic carbocycles. The van der Waals surface area contributed by atoms with Gasteiger partial charge in [-0.15, -0.1) is 0 Å². The van der Waals surface area contributed by atoms with Gasteiger partial charge in [0, 0.05) is 6.42 Å².